The van der Waals surface area contributed by atoms with Gasteiger partial charge in [0.1, 0.15) is 0 Å². The van der Waals surface area contributed by atoms with E-state index in [4.69, 9.17) is 4.74 Å². The number of rotatable bonds is 4. The van der Waals surface area contributed by atoms with E-state index in [0.29, 0.717) is 11.5 Å². The minimum Gasteiger partial charge on any atom is -0.381 e. The maximum Gasteiger partial charge on any atom is 0.0523 e. The van der Waals surface area contributed by atoms with Crippen LogP contribution < -0.4 is 0 Å². The van der Waals surface area contributed by atoms with E-state index in [-0.39, 0.29) is 0 Å². The lowest BCUT2D eigenvalue weighted by atomic mass is 9.69. The predicted octanol–water partition coefficient (Wildman–Crippen LogP) is 3.54. The SMILES string of the molecule is CN(Cc1ccccc1)C1CC2(CCOC2)CCC1N1CCCC1. The summed E-state index contributed by atoms with van der Waals surface area (Å²) in [6, 6.07) is 12.4. The van der Waals surface area contributed by atoms with E-state index in [1.54, 1.807) is 0 Å². The maximum absolute atomic E-state index is 5.81. The molecule has 3 nitrogen and oxygen atoms in total. The van der Waals surface area contributed by atoms with Crippen molar-refractivity contribution in [1.29, 1.82) is 0 Å². The molecule has 3 atom stereocenters. The summed E-state index contributed by atoms with van der Waals surface area (Å²) in [6.45, 7) is 5.65. The Bertz CT molecular complexity index is 520. The molecule has 3 fully saturated rings. The Kier molecular flexibility index (Phi) is 4.93. The van der Waals surface area contributed by atoms with E-state index in [2.05, 4.69) is 47.2 Å². The van der Waals surface area contributed by atoms with Crippen molar-refractivity contribution in [1.82, 2.24) is 9.80 Å². The topological polar surface area (TPSA) is 15.7 Å². The molecule has 0 radical (unpaired) electrons. The van der Waals surface area contributed by atoms with Gasteiger partial charge in [-0.05, 0) is 69.6 Å². The lowest BCUT2D eigenvalue weighted by Crippen LogP contribution is -2.55. The molecule has 24 heavy (non-hydrogen) atoms. The van der Waals surface area contributed by atoms with Crippen LogP contribution in [-0.4, -0.2) is 55.2 Å². The molecule has 0 amide bonds. The Labute approximate surface area is 147 Å². The first-order valence-electron chi connectivity index (χ1n) is 9.82. The molecule has 3 unspecified atom stereocenters. The number of hydrogen-bond donors (Lipinski definition) is 0. The molecule has 1 aliphatic carbocycles. The van der Waals surface area contributed by atoms with E-state index in [0.717, 1.165) is 25.8 Å². The first-order chi connectivity index (χ1) is 11.8. The standard InChI is InChI=1S/C21H32N2O/c1-22(16-18-7-3-2-4-8-18)20-15-21(11-14-24-17-21)10-9-19(20)23-12-5-6-13-23/h2-4,7-8,19-20H,5-6,9-17H2,1H3. The van der Waals surface area contributed by atoms with Gasteiger partial charge in [-0.2, -0.15) is 0 Å². The third-order valence-corrected chi connectivity index (χ3v) is 6.69. The Balaban J connectivity index is 1.51. The summed E-state index contributed by atoms with van der Waals surface area (Å²) >= 11 is 0. The lowest BCUT2D eigenvalue weighted by molar-refractivity contribution is 0.00697. The van der Waals surface area contributed by atoms with Gasteiger partial charge in [0.05, 0.1) is 6.61 Å². The molecular formula is C21H32N2O. The zero-order valence-corrected chi connectivity index (χ0v) is 15.1. The Morgan fingerprint density at radius 3 is 2.67 bits per heavy atom. The van der Waals surface area contributed by atoms with Gasteiger partial charge in [0.25, 0.3) is 0 Å². The zero-order valence-electron chi connectivity index (χ0n) is 15.1. The molecule has 0 aromatic heterocycles. The van der Waals surface area contributed by atoms with Gasteiger partial charge in [-0.25, -0.2) is 0 Å². The van der Waals surface area contributed by atoms with Crippen LogP contribution in [0.2, 0.25) is 0 Å². The summed E-state index contributed by atoms with van der Waals surface area (Å²) in [7, 11) is 2.34. The second kappa shape index (κ2) is 7.15. The van der Waals surface area contributed by atoms with Crippen molar-refractivity contribution in [2.75, 3.05) is 33.4 Å². The summed E-state index contributed by atoms with van der Waals surface area (Å²) in [5.74, 6) is 0. The fraction of sp³-hybridized carbons (Fsp3) is 0.714. The monoisotopic (exact) mass is 328 g/mol. The van der Waals surface area contributed by atoms with Gasteiger partial charge < -0.3 is 4.74 Å². The average Bonchev–Trinajstić information content (AvgIpc) is 3.28. The van der Waals surface area contributed by atoms with Crippen molar-refractivity contribution in [2.24, 2.45) is 5.41 Å². The van der Waals surface area contributed by atoms with Crippen LogP contribution in [0.25, 0.3) is 0 Å². The number of nitrogens with zero attached hydrogens (tertiary/aromatic N) is 2. The number of benzene rings is 1. The van der Waals surface area contributed by atoms with Gasteiger partial charge in [-0.3, -0.25) is 9.80 Å². The molecule has 132 valence electrons. The zero-order chi connectivity index (χ0) is 16.4. The smallest absolute Gasteiger partial charge is 0.0523 e. The van der Waals surface area contributed by atoms with Crippen molar-refractivity contribution in [2.45, 2.75) is 57.2 Å². The fourth-order valence-corrected chi connectivity index (χ4v) is 5.27. The number of hydrogen-bond acceptors (Lipinski definition) is 3. The molecule has 2 heterocycles. The quantitative estimate of drug-likeness (QED) is 0.841. The minimum absolute atomic E-state index is 0.464. The molecular weight excluding hydrogens is 296 g/mol. The molecule has 2 saturated heterocycles. The predicted molar refractivity (Wildman–Crippen MR) is 98.0 cm³/mol. The van der Waals surface area contributed by atoms with Crippen molar-refractivity contribution < 1.29 is 4.74 Å². The Hall–Kier alpha value is -0.900. The van der Waals surface area contributed by atoms with Crippen LogP contribution in [-0.2, 0) is 11.3 Å². The number of likely N-dealkylation sites (N-methyl/N-ethyl adjacent to an activating group) is 1. The lowest BCUT2D eigenvalue weighted by Gasteiger charge is -2.48. The second-order valence-corrected chi connectivity index (χ2v) is 8.32. The largest absolute Gasteiger partial charge is 0.381 e. The summed E-state index contributed by atoms with van der Waals surface area (Å²) in [5, 5.41) is 0. The van der Waals surface area contributed by atoms with Crippen LogP contribution in [0.3, 0.4) is 0 Å². The van der Waals surface area contributed by atoms with Crippen molar-refractivity contribution in [3.05, 3.63) is 35.9 Å². The summed E-state index contributed by atoms with van der Waals surface area (Å²) in [6.07, 6.45) is 8.09. The highest BCUT2D eigenvalue weighted by atomic mass is 16.5. The molecule has 1 spiro atoms. The van der Waals surface area contributed by atoms with E-state index in [1.165, 1.54) is 57.2 Å². The Morgan fingerprint density at radius 1 is 1.17 bits per heavy atom. The number of ether oxygens (including phenoxy) is 1. The average molecular weight is 329 g/mol. The van der Waals surface area contributed by atoms with E-state index < -0.39 is 0 Å². The molecule has 0 N–H and O–H groups in total. The van der Waals surface area contributed by atoms with Crippen LogP contribution in [0.15, 0.2) is 30.3 Å². The molecule has 3 heteroatoms. The first kappa shape index (κ1) is 16.6. The summed E-state index contributed by atoms with van der Waals surface area (Å²) in [5.41, 5.74) is 1.90. The molecule has 1 saturated carbocycles. The van der Waals surface area contributed by atoms with Crippen LogP contribution in [0.1, 0.15) is 44.1 Å². The van der Waals surface area contributed by atoms with E-state index in [9.17, 15) is 0 Å². The van der Waals surface area contributed by atoms with Crippen molar-refractivity contribution in [3.63, 3.8) is 0 Å². The van der Waals surface area contributed by atoms with Crippen LogP contribution in [0.5, 0.6) is 0 Å². The highest BCUT2D eigenvalue weighted by Crippen LogP contribution is 2.45. The second-order valence-electron chi connectivity index (χ2n) is 8.32. The molecule has 1 aromatic carbocycles. The van der Waals surface area contributed by atoms with Gasteiger partial charge in [-0.1, -0.05) is 30.3 Å². The van der Waals surface area contributed by atoms with Gasteiger partial charge in [0, 0.05) is 25.2 Å². The highest BCUT2D eigenvalue weighted by Gasteiger charge is 2.46. The maximum atomic E-state index is 5.81. The van der Waals surface area contributed by atoms with Crippen LogP contribution >= 0.6 is 0 Å². The number of likely N-dealkylation sites (tertiary alicyclic amines) is 1. The van der Waals surface area contributed by atoms with Gasteiger partial charge in [-0.15, -0.1) is 0 Å². The van der Waals surface area contributed by atoms with E-state index >= 15 is 0 Å². The van der Waals surface area contributed by atoms with Gasteiger partial charge in [0.15, 0.2) is 0 Å². The van der Waals surface area contributed by atoms with Crippen LogP contribution in [0, 0.1) is 5.41 Å². The molecule has 4 rings (SSSR count). The van der Waals surface area contributed by atoms with E-state index in [1.807, 2.05) is 0 Å². The fourth-order valence-electron chi connectivity index (χ4n) is 5.27. The molecule has 3 aliphatic rings. The van der Waals surface area contributed by atoms with Gasteiger partial charge >= 0.3 is 0 Å². The third-order valence-electron chi connectivity index (χ3n) is 6.69. The molecule has 0 bridgehead atoms. The Morgan fingerprint density at radius 2 is 1.96 bits per heavy atom. The first-order valence-corrected chi connectivity index (χ1v) is 9.82. The molecule has 1 aromatic rings. The third kappa shape index (κ3) is 3.40. The summed E-state index contributed by atoms with van der Waals surface area (Å²) < 4.78 is 5.81. The van der Waals surface area contributed by atoms with Crippen LogP contribution in [0.4, 0.5) is 0 Å². The minimum atomic E-state index is 0.464. The molecule has 2 aliphatic heterocycles. The highest BCUT2D eigenvalue weighted by molar-refractivity contribution is 5.15. The normalized spacial score (nSPS) is 34.4. The van der Waals surface area contributed by atoms with Crippen molar-refractivity contribution >= 4 is 0 Å². The van der Waals surface area contributed by atoms with Crippen molar-refractivity contribution in [3.8, 4) is 0 Å². The van der Waals surface area contributed by atoms with Gasteiger partial charge in [0.2, 0.25) is 0 Å². The summed E-state index contributed by atoms with van der Waals surface area (Å²) in [4.78, 5) is 5.42.